The van der Waals surface area contributed by atoms with Crippen LogP contribution in [0.25, 0.3) is 0 Å². The molecule has 2 aromatic rings. The van der Waals surface area contributed by atoms with Crippen molar-refractivity contribution in [2.24, 2.45) is 0 Å². The highest BCUT2D eigenvalue weighted by Gasteiger charge is 2.04. The molecule has 0 fully saturated rings. The molecule has 104 valence electrons. The van der Waals surface area contributed by atoms with Gasteiger partial charge in [0.15, 0.2) is 0 Å². The lowest BCUT2D eigenvalue weighted by atomic mass is 10.1. The van der Waals surface area contributed by atoms with Gasteiger partial charge in [0.1, 0.15) is 18.4 Å². The Bertz CT molecular complexity index is 713. The first-order chi connectivity index (χ1) is 10.2. The fourth-order valence-electron chi connectivity index (χ4n) is 1.83. The molecule has 0 aliphatic carbocycles. The normalized spacial score (nSPS) is 9.48. The number of nitriles is 1. The van der Waals surface area contributed by atoms with E-state index in [0.29, 0.717) is 17.1 Å². The zero-order chi connectivity index (χ0) is 15.1. The number of rotatable bonds is 5. The predicted octanol–water partition coefficient (Wildman–Crippen LogP) is 3.84. The van der Waals surface area contributed by atoms with Crippen LogP contribution in [0.1, 0.15) is 11.1 Å². The topological polar surface area (TPSA) is 45.0 Å². The molecule has 0 aromatic heterocycles. The van der Waals surface area contributed by atoms with E-state index in [0.717, 1.165) is 17.0 Å². The average molecular weight is 297 g/mol. The Morgan fingerprint density at radius 1 is 1.24 bits per heavy atom. The van der Waals surface area contributed by atoms with Gasteiger partial charge in [-0.05, 0) is 24.3 Å². The minimum absolute atomic E-state index is 0.233. The fraction of sp³-hybridized carbons (Fsp3) is 0.118. The van der Waals surface area contributed by atoms with E-state index in [1.807, 2.05) is 30.3 Å². The summed E-state index contributed by atoms with van der Waals surface area (Å²) in [6.45, 7) is 0.795. The number of terminal acetylenes is 1. The number of hydrogen-bond acceptors (Lipinski definition) is 3. The van der Waals surface area contributed by atoms with Crippen molar-refractivity contribution >= 4 is 17.3 Å². The van der Waals surface area contributed by atoms with Gasteiger partial charge >= 0.3 is 0 Å². The highest BCUT2D eigenvalue weighted by molar-refractivity contribution is 6.31. The van der Waals surface area contributed by atoms with Crippen LogP contribution in [0.15, 0.2) is 42.5 Å². The fourth-order valence-corrected chi connectivity index (χ4v) is 1.99. The largest absolute Gasteiger partial charge is 0.481 e. The first kappa shape index (κ1) is 14.8. The van der Waals surface area contributed by atoms with Gasteiger partial charge in [0, 0.05) is 17.8 Å². The van der Waals surface area contributed by atoms with Gasteiger partial charge in [0.05, 0.1) is 10.6 Å². The third-order valence-corrected chi connectivity index (χ3v) is 3.18. The Morgan fingerprint density at radius 3 is 2.81 bits per heavy atom. The zero-order valence-electron chi connectivity index (χ0n) is 11.3. The van der Waals surface area contributed by atoms with Crippen LogP contribution in [0.4, 0.5) is 5.69 Å². The highest BCUT2D eigenvalue weighted by Crippen LogP contribution is 2.22. The van der Waals surface area contributed by atoms with Crippen LogP contribution >= 0.6 is 11.6 Å². The molecule has 3 nitrogen and oxygen atoms in total. The quantitative estimate of drug-likeness (QED) is 0.853. The lowest BCUT2D eigenvalue weighted by Crippen LogP contribution is -2.03. The zero-order valence-corrected chi connectivity index (χ0v) is 12.0. The molecule has 0 saturated heterocycles. The van der Waals surface area contributed by atoms with Crippen LogP contribution in [-0.2, 0) is 6.54 Å². The van der Waals surface area contributed by atoms with Crippen molar-refractivity contribution in [1.82, 2.24) is 0 Å². The smallest absolute Gasteiger partial charge is 0.148 e. The van der Waals surface area contributed by atoms with Crippen molar-refractivity contribution in [3.05, 3.63) is 58.6 Å². The second-order valence-electron chi connectivity index (χ2n) is 4.26. The predicted molar refractivity (Wildman–Crippen MR) is 84.3 cm³/mol. The molecule has 0 atom stereocenters. The SMILES string of the molecule is C#CCOc1ccccc1CNc1ccc(Cl)c(C#N)c1. The molecule has 0 radical (unpaired) electrons. The Labute approximate surface area is 129 Å². The van der Waals surface area contributed by atoms with Crippen LogP contribution in [0.5, 0.6) is 5.75 Å². The average Bonchev–Trinajstić information content (AvgIpc) is 2.53. The molecule has 1 N–H and O–H groups in total. The van der Waals surface area contributed by atoms with Gasteiger partial charge < -0.3 is 10.1 Å². The number of para-hydroxylation sites is 1. The summed E-state index contributed by atoms with van der Waals surface area (Å²) in [5.74, 6) is 3.19. The summed E-state index contributed by atoms with van der Waals surface area (Å²) < 4.78 is 5.49. The number of ether oxygens (including phenoxy) is 1. The molecule has 0 spiro atoms. The van der Waals surface area contributed by atoms with Crippen LogP contribution in [0, 0.1) is 23.7 Å². The lowest BCUT2D eigenvalue weighted by molar-refractivity contribution is 0.366. The summed E-state index contributed by atoms with van der Waals surface area (Å²) >= 11 is 5.91. The van der Waals surface area contributed by atoms with E-state index in [-0.39, 0.29) is 6.61 Å². The molecule has 0 bridgehead atoms. The van der Waals surface area contributed by atoms with E-state index in [4.69, 9.17) is 28.0 Å². The minimum atomic E-state index is 0.233. The van der Waals surface area contributed by atoms with E-state index < -0.39 is 0 Å². The number of hydrogen-bond donors (Lipinski definition) is 1. The van der Waals surface area contributed by atoms with Crippen LogP contribution in [-0.4, -0.2) is 6.61 Å². The van der Waals surface area contributed by atoms with Gasteiger partial charge in [-0.2, -0.15) is 5.26 Å². The maximum Gasteiger partial charge on any atom is 0.148 e. The Balaban J connectivity index is 2.10. The molecule has 0 unspecified atom stereocenters. The third-order valence-electron chi connectivity index (χ3n) is 2.85. The number of nitrogens with one attached hydrogen (secondary N) is 1. The molecule has 4 heteroatoms. The summed E-state index contributed by atoms with van der Waals surface area (Å²) in [7, 11) is 0. The van der Waals surface area contributed by atoms with Crippen molar-refractivity contribution < 1.29 is 4.74 Å². The molecular formula is C17H13ClN2O. The maximum atomic E-state index is 8.97. The van der Waals surface area contributed by atoms with Crippen molar-refractivity contribution in [1.29, 1.82) is 5.26 Å². The van der Waals surface area contributed by atoms with E-state index >= 15 is 0 Å². The molecule has 21 heavy (non-hydrogen) atoms. The van der Waals surface area contributed by atoms with Crippen molar-refractivity contribution in [3.63, 3.8) is 0 Å². The van der Waals surface area contributed by atoms with Gasteiger partial charge in [0.25, 0.3) is 0 Å². The number of halogens is 1. The van der Waals surface area contributed by atoms with Crippen LogP contribution in [0.2, 0.25) is 5.02 Å². The monoisotopic (exact) mass is 296 g/mol. The van der Waals surface area contributed by atoms with E-state index in [9.17, 15) is 0 Å². The molecule has 2 aromatic carbocycles. The van der Waals surface area contributed by atoms with Crippen molar-refractivity contribution in [2.75, 3.05) is 11.9 Å². The van der Waals surface area contributed by atoms with E-state index in [2.05, 4.69) is 17.3 Å². The van der Waals surface area contributed by atoms with Gasteiger partial charge in [-0.25, -0.2) is 0 Å². The number of benzene rings is 2. The number of nitrogens with zero attached hydrogens (tertiary/aromatic N) is 1. The third kappa shape index (κ3) is 3.92. The maximum absolute atomic E-state index is 8.97. The standard InChI is InChI=1S/C17H13ClN2O/c1-2-9-21-17-6-4-3-5-13(17)12-20-15-7-8-16(18)14(10-15)11-19/h1,3-8,10,20H,9,12H2. The molecule has 0 aliphatic rings. The Morgan fingerprint density at radius 2 is 2.05 bits per heavy atom. The highest BCUT2D eigenvalue weighted by atomic mass is 35.5. The molecule has 0 heterocycles. The van der Waals surface area contributed by atoms with E-state index in [1.54, 1.807) is 12.1 Å². The summed E-state index contributed by atoms with van der Waals surface area (Å²) in [6, 6.07) is 15.0. The minimum Gasteiger partial charge on any atom is -0.481 e. The molecule has 0 aliphatic heterocycles. The molecule has 0 saturated carbocycles. The van der Waals surface area contributed by atoms with Gasteiger partial charge in [-0.15, -0.1) is 6.42 Å². The van der Waals surface area contributed by atoms with E-state index in [1.165, 1.54) is 0 Å². The van der Waals surface area contributed by atoms with Gasteiger partial charge in [0.2, 0.25) is 0 Å². The summed E-state index contributed by atoms with van der Waals surface area (Å²) in [6.07, 6.45) is 5.20. The van der Waals surface area contributed by atoms with Gasteiger partial charge in [-0.1, -0.05) is 35.7 Å². The number of anilines is 1. The second-order valence-corrected chi connectivity index (χ2v) is 4.67. The molecular weight excluding hydrogens is 284 g/mol. The molecule has 0 amide bonds. The first-order valence-corrected chi connectivity index (χ1v) is 6.70. The Kier molecular flexibility index (Phi) is 5.10. The van der Waals surface area contributed by atoms with Crippen molar-refractivity contribution in [3.8, 4) is 24.2 Å². The summed E-state index contributed by atoms with van der Waals surface area (Å²) in [4.78, 5) is 0. The van der Waals surface area contributed by atoms with Crippen molar-refractivity contribution in [2.45, 2.75) is 6.54 Å². The second kappa shape index (κ2) is 7.24. The van der Waals surface area contributed by atoms with Crippen LogP contribution in [0.3, 0.4) is 0 Å². The Hall–Kier alpha value is -2.62. The van der Waals surface area contributed by atoms with Gasteiger partial charge in [-0.3, -0.25) is 0 Å². The van der Waals surface area contributed by atoms with Crippen LogP contribution < -0.4 is 10.1 Å². The summed E-state index contributed by atoms with van der Waals surface area (Å²) in [5.41, 5.74) is 2.25. The summed E-state index contributed by atoms with van der Waals surface area (Å²) in [5, 5.41) is 12.7. The lowest BCUT2D eigenvalue weighted by Gasteiger charge is -2.11. The molecule has 2 rings (SSSR count). The first-order valence-electron chi connectivity index (χ1n) is 6.32.